The zero-order valence-corrected chi connectivity index (χ0v) is 16.3. The van der Waals surface area contributed by atoms with Gasteiger partial charge in [-0.05, 0) is 37.0 Å². The number of hydrogen-bond donors (Lipinski definition) is 1. The highest BCUT2D eigenvalue weighted by molar-refractivity contribution is 7.71. The van der Waals surface area contributed by atoms with Gasteiger partial charge in [0.25, 0.3) is 5.56 Å². The summed E-state index contributed by atoms with van der Waals surface area (Å²) in [4.78, 5) is 26.1. The Hall–Kier alpha value is -2.75. The second kappa shape index (κ2) is 7.25. The molecule has 10 heteroatoms. The normalized spacial score (nSPS) is 15.8. The van der Waals surface area contributed by atoms with Crippen molar-refractivity contribution in [2.75, 3.05) is 18.0 Å². The minimum atomic E-state index is -4.48. The zero-order valence-electron chi connectivity index (χ0n) is 15.5. The Morgan fingerprint density at radius 1 is 1.24 bits per heavy atom. The van der Waals surface area contributed by atoms with Gasteiger partial charge in [0.05, 0.1) is 5.56 Å². The topological polar surface area (TPSA) is 66.8 Å². The fourth-order valence-electron chi connectivity index (χ4n) is 3.41. The molecule has 1 aliphatic rings. The van der Waals surface area contributed by atoms with E-state index in [4.69, 9.17) is 12.2 Å². The van der Waals surface area contributed by atoms with Crippen LogP contribution in [0, 0.1) is 10.6 Å². The highest BCUT2D eigenvalue weighted by Gasteiger charge is 2.30. The van der Waals surface area contributed by atoms with E-state index in [0.717, 1.165) is 38.1 Å². The van der Waals surface area contributed by atoms with Crippen LogP contribution in [0.4, 0.5) is 19.1 Å². The zero-order chi connectivity index (χ0) is 20.8. The number of nitrogens with zero attached hydrogens (tertiary/aromatic N) is 4. The lowest BCUT2D eigenvalue weighted by atomic mass is 10.00. The van der Waals surface area contributed by atoms with Crippen LogP contribution < -0.4 is 10.5 Å². The summed E-state index contributed by atoms with van der Waals surface area (Å²) in [6.45, 7) is 3.76. The van der Waals surface area contributed by atoms with E-state index in [2.05, 4.69) is 21.9 Å². The van der Waals surface area contributed by atoms with Gasteiger partial charge in [0.15, 0.2) is 5.65 Å². The molecule has 6 nitrogen and oxygen atoms in total. The second-order valence-corrected chi connectivity index (χ2v) is 7.61. The Labute approximate surface area is 169 Å². The van der Waals surface area contributed by atoms with E-state index in [1.165, 1.54) is 23.0 Å². The van der Waals surface area contributed by atoms with Crippen molar-refractivity contribution in [3.8, 4) is 5.69 Å². The van der Waals surface area contributed by atoms with Crippen LogP contribution in [0.3, 0.4) is 0 Å². The molecule has 1 aliphatic heterocycles. The summed E-state index contributed by atoms with van der Waals surface area (Å²) in [5, 5.41) is 0.0778. The summed E-state index contributed by atoms with van der Waals surface area (Å²) < 4.78 is 40.4. The number of rotatable bonds is 2. The number of anilines is 1. The number of halogens is 3. The first-order chi connectivity index (χ1) is 13.7. The Morgan fingerprint density at radius 2 is 1.97 bits per heavy atom. The van der Waals surface area contributed by atoms with E-state index in [1.807, 2.05) is 4.90 Å². The fourth-order valence-corrected chi connectivity index (χ4v) is 3.74. The van der Waals surface area contributed by atoms with Gasteiger partial charge < -0.3 is 4.90 Å². The van der Waals surface area contributed by atoms with E-state index >= 15 is 0 Å². The first-order valence-corrected chi connectivity index (χ1v) is 9.59. The van der Waals surface area contributed by atoms with Gasteiger partial charge in [-0.25, -0.2) is 4.98 Å². The molecule has 0 saturated carbocycles. The number of alkyl halides is 3. The first-order valence-electron chi connectivity index (χ1n) is 9.18. The summed E-state index contributed by atoms with van der Waals surface area (Å²) in [7, 11) is 0. The Balaban J connectivity index is 1.79. The van der Waals surface area contributed by atoms with Crippen molar-refractivity contribution in [1.29, 1.82) is 0 Å². The van der Waals surface area contributed by atoms with E-state index in [9.17, 15) is 18.0 Å². The number of nitrogens with one attached hydrogen (secondary N) is 1. The molecule has 4 rings (SSSR count). The van der Waals surface area contributed by atoms with Crippen molar-refractivity contribution >= 4 is 29.2 Å². The Bertz CT molecular complexity index is 1180. The van der Waals surface area contributed by atoms with Gasteiger partial charge in [-0.2, -0.15) is 18.2 Å². The first kappa shape index (κ1) is 19.6. The smallest absolute Gasteiger partial charge is 0.342 e. The van der Waals surface area contributed by atoms with Gasteiger partial charge in [-0.3, -0.25) is 14.3 Å². The molecule has 0 atom stereocenters. The number of H-pyrrole nitrogens is 1. The minimum Gasteiger partial charge on any atom is -0.342 e. The largest absolute Gasteiger partial charge is 0.416 e. The maximum Gasteiger partial charge on any atom is 0.416 e. The van der Waals surface area contributed by atoms with Gasteiger partial charge in [0, 0.05) is 18.8 Å². The molecule has 152 valence electrons. The lowest BCUT2D eigenvalue weighted by molar-refractivity contribution is -0.137. The lowest BCUT2D eigenvalue weighted by Gasteiger charge is -2.30. The van der Waals surface area contributed by atoms with Crippen molar-refractivity contribution in [3.05, 3.63) is 51.2 Å². The van der Waals surface area contributed by atoms with Crippen LogP contribution in [0.25, 0.3) is 16.7 Å². The molecule has 0 bridgehead atoms. The molecular formula is C19H18F3N5OS. The minimum absolute atomic E-state index is 0.0573. The molecular weight excluding hydrogens is 403 g/mol. The van der Waals surface area contributed by atoms with Crippen LogP contribution in [-0.4, -0.2) is 32.6 Å². The van der Waals surface area contributed by atoms with Gasteiger partial charge in [0.1, 0.15) is 16.4 Å². The van der Waals surface area contributed by atoms with Gasteiger partial charge in [-0.1, -0.05) is 25.2 Å². The molecule has 0 spiro atoms. The van der Waals surface area contributed by atoms with E-state index in [1.54, 1.807) is 0 Å². The van der Waals surface area contributed by atoms with Crippen molar-refractivity contribution in [1.82, 2.24) is 19.5 Å². The molecule has 29 heavy (non-hydrogen) atoms. The molecule has 1 N–H and O–H groups in total. The van der Waals surface area contributed by atoms with Gasteiger partial charge >= 0.3 is 6.18 Å². The van der Waals surface area contributed by atoms with Crippen LogP contribution >= 0.6 is 12.2 Å². The summed E-state index contributed by atoms with van der Waals surface area (Å²) in [5.41, 5.74) is -0.913. The third-order valence-electron chi connectivity index (χ3n) is 5.15. The number of hydrogen-bond acceptors (Lipinski definition) is 5. The summed E-state index contributed by atoms with van der Waals surface area (Å²) in [6.07, 6.45) is -1.17. The maximum atomic E-state index is 13.0. The Kier molecular flexibility index (Phi) is 4.89. The molecule has 2 aromatic heterocycles. The van der Waals surface area contributed by atoms with Crippen molar-refractivity contribution in [2.45, 2.75) is 25.9 Å². The van der Waals surface area contributed by atoms with Crippen molar-refractivity contribution in [3.63, 3.8) is 0 Å². The van der Waals surface area contributed by atoms with Gasteiger partial charge in [0.2, 0.25) is 5.95 Å². The van der Waals surface area contributed by atoms with Crippen molar-refractivity contribution in [2.24, 2.45) is 5.92 Å². The number of aromatic amines is 1. The molecule has 0 radical (unpaired) electrons. The fraction of sp³-hybridized carbons (Fsp3) is 0.368. The standard InChI is InChI=1S/C19H18F3N5OS/c1-11-5-7-26(8-6-11)18-24-15-14(16(28)25-18)17(29)27(10-23-15)13-4-2-3-12(9-13)19(20,21)22/h2-4,9-11H,5-8H2,1H3,(H,24,25,28). The van der Waals surface area contributed by atoms with Crippen LogP contribution in [0.2, 0.25) is 0 Å². The van der Waals surface area contributed by atoms with Crippen molar-refractivity contribution < 1.29 is 13.2 Å². The van der Waals surface area contributed by atoms with Crippen LogP contribution in [0.5, 0.6) is 0 Å². The Morgan fingerprint density at radius 3 is 2.66 bits per heavy atom. The third-order valence-corrected chi connectivity index (χ3v) is 5.55. The SMILES string of the molecule is CC1CCN(c2nc3ncn(-c4cccc(C(F)(F)F)c4)c(=S)c3c(=O)[nH]2)CC1. The predicted molar refractivity (Wildman–Crippen MR) is 106 cm³/mol. The summed E-state index contributed by atoms with van der Waals surface area (Å²) in [5.74, 6) is 1.07. The van der Waals surface area contributed by atoms with Crippen LogP contribution in [0.1, 0.15) is 25.3 Å². The molecule has 1 fully saturated rings. The highest BCUT2D eigenvalue weighted by atomic mass is 32.1. The molecule has 0 unspecified atom stereocenters. The predicted octanol–water partition coefficient (Wildman–Crippen LogP) is 4.09. The maximum absolute atomic E-state index is 13.0. The van der Waals surface area contributed by atoms with Crippen LogP contribution in [-0.2, 0) is 6.18 Å². The molecule has 1 aromatic carbocycles. The third kappa shape index (κ3) is 3.76. The lowest BCUT2D eigenvalue weighted by Crippen LogP contribution is -2.35. The summed E-state index contributed by atoms with van der Waals surface area (Å²) >= 11 is 5.38. The number of aromatic nitrogens is 4. The van der Waals surface area contributed by atoms with Gasteiger partial charge in [-0.15, -0.1) is 0 Å². The molecule has 0 amide bonds. The average molecular weight is 421 g/mol. The second-order valence-electron chi connectivity index (χ2n) is 7.23. The van der Waals surface area contributed by atoms with Crippen LogP contribution in [0.15, 0.2) is 35.4 Å². The number of piperidine rings is 1. The quantitative estimate of drug-likeness (QED) is 0.632. The molecule has 1 saturated heterocycles. The van der Waals surface area contributed by atoms with E-state index < -0.39 is 17.3 Å². The average Bonchev–Trinajstić information content (AvgIpc) is 2.68. The number of benzene rings is 1. The summed E-state index contributed by atoms with van der Waals surface area (Å²) in [6, 6.07) is 4.70. The molecule has 0 aliphatic carbocycles. The highest BCUT2D eigenvalue weighted by Crippen LogP contribution is 2.30. The van der Waals surface area contributed by atoms with E-state index in [0.29, 0.717) is 11.9 Å². The monoisotopic (exact) mass is 421 g/mol. The number of fused-ring (bicyclic) bond motifs is 1. The van der Waals surface area contributed by atoms with E-state index in [-0.39, 0.29) is 21.4 Å². The molecule has 3 aromatic rings. The molecule has 3 heterocycles.